The predicted octanol–water partition coefficient (Wildman–Crippen LogP) is -2.79. The van der Waals surface area contributed by atoms with Crippen molar-refractivity contribution in [2.45, 2.75) is 6.29 Å². The van der Waals surface area contributed by atoms with Gasteiger partial charge in [0.1, 0.15) is 0 Å². The molecule has 1 aliphatic rings. The lowest BCUT2D eigenvalue weighted by Gasteiger charge is -2.18. The number of hydrogen-bond acceptors (Lipinski definition) is 3. The molecule has 0 bridgehead atoms. The Labute approximate surface area is 41.9 Å². The molecule has 2 unspecified atom stereocenters. The largest absolute Gasteiger partial charge is 0.632 e. The zero-order valence-corrected chi connectivity index (χ0v) is 3.98. The molecule has 2 atom stereocenters. The minimum absolute atomic E-state index is 0.125. The maximum atomic E-state index is 10.4. The zero-order valence-electron chi connectivity index (χ0n) is 3.98. The Balaban J connectivity index is 2.33. The Morgan fingerprint density at radius 3 is 2.71 bits per heavy atom. The molecule has 1 rings (SSSR count). The minimum Gasteiger partial charge on any atom is -0.632 e. The van der Waals surface area contributed by atoms with E-state index in [-0.39, 0.29) is 11.4 Å². The third-order valence-electron chi connectivity index (χ3n) is 1.08. The third kappa shape index (κ3) is 0.889. The van der Waals surface area contributed by atoms with E-state index in [1.807, 2.05) is 0 Å². The van der Waals surface area contributed by atoms with Crippen molar-refractivity contribution in [3.63, 3.8) is 0 Å². The first kappa shape index (κ1) is 4.99. The van der Waals surface area contributed by atoms with Crippen molar-refractivity contribution in [2.24, 2.45) is 5.73 Å². The number of quaternary nitrogens is 1. The number of nitrogens with two attached hydrogens (primary N) is 1. The zero-order chi connectivity index (χ0) is 5.28. The van der Waals surface area contributed by atoms with E-state index in [9.17, 15) is 5.21 Å². The lowest BCUT2D eigenvalue weighted by molar-refractivity contribution is -0.861. The van der Waals surface area contributed by atoms with Crippen LogP contribution in [0.5, 0.6) is 0 Å². The van der Waals surface area contributed by atoms with Crippen molar-refractivity contribution < 1.29 is 5.06 Å². The molecule has 0 aromatic carbocycles. The molecule has 0 spiro atoms. The molecule has 7 heavy (non-hydrogen) atoms. The van der Waals surface area contributed by atoms with E-state index < -0.39 is 0 Å². The third-order valence-corrected chi connectivity index (χ3v) is 1.08. The first-order chi connectivity index (χ1) is 3.30. The molecule has 1 aliphatic heterocycles. The van der Waals surface area contributed by atoms with Crippen molar-refractivity contribution in [3.05, 3.63) is 5.21 Å². The molecule has 0 radical (unpaired) electrons. The fourth-order valence-electron chi connectivity index (χ4n) is 0.620. The van der Waals surface area contributed by atoms with Crippen LogP contribution in [0.1, 0.15) is 0 Å². The van der Waals surface area contributed by atoms with E-state index in [1.165, 1.54) is 0 Å². The van der Waals surface area contributed by atoms with Gasteiger partial charge in [-0.15, -0.1) is 0 Å². The number of rotatable bonds is 0. The Bertz CT molecular complexity index is 59.2. The van der Waals surface area contributed by atoms with Gasteiger partial charge in [0, 0.05) is 0 Å². The van der Waals surface area contributed by atoms with Crippen LogP contribution in [0.25, 0.3) is 0 Å². The van der Waals surface area contributed by atoms with Crippen LogP contribution in [0.3, 0.4) is 0 Å². The summed E-state index contributed by atoms with van der Waals surface area (Å²) in [5, 5.41) is 13.3. The fraction of sp³-hybridized carbons (Fsp3) is 1.00. The summed E-state index contributed by atoms with van der Waals surface area (Å²) >= 11 is 0. The smallest absolute Gasteiger partial charge is 0.196 e. The number of hydroxylamine groups is 2. The molecular formula is C3H9N3O. The van der Waals surface area contributed by atoms with Crippen LogP contribution in [-0.4, -0.2) is 19.4 Å². The second-order valence-corrected chi connectivity index (χ2v) is 1.65. The van der Waals surface area contributed by atoms with Crippen molar-refractivity contribution >= 4 is 0 Å². The summed E-state index contributed by atoms with van der Waals surface area (Å²) in [6.45, 7) is 1.35. The Morgan fingerprint density at radius 2 is 2.57 bits per heavy atom. The average molecular weight is 103 g/mol. The first-order valence-corrected chi connectivity index (χ1v) is 2.32. The van der Waals surface area contributed by atoms with Gasteiger partial charge in [0.2, 0.25) is 0 Å². The van der Waals surface area contributed by atoms with Crippen molar-refractivity contribution in [3.8, 4) is 0 Å². The van der Waals surface area contributed by atoms with Gasteiger partial charge in [-0.25, -0.2) is 5.32 Å². The normalized spacial score (nSPS) is 42.0. The second kappa shape index (κ2) is 1.75. The predicted molar refractivity (Wildman–Crippen MR) is 25.2 cm³/mol. The Hall–Kier alpha value is -0.160. The van der Waals surface area contributed by atoms with E-state index in [0.29, 0.717) is 6.54 Å². The maximum absolute atomic E-state index is 10.4. The van der Waals surface area contributed by atoms with Crippen LogP contribution >= 0.6 is 0 Å². The highest BCUT2D eigenvalue weighted by atomic mass is 16.5. The highest BCUT2D eigenvalue weighted by molar-refractivity contribution is 4.51. The Kier molecular flexibility index (Phi) is 1.25. The standard InChI is InChI=1S/C3H9N3O/c4-3-5-1-2-6(3)7/h3,5-6H,1-2,4H2. The van der Waals surface area contributed by atoms with Crippen molar-refractivity contribution in [1.29, 1.82) is 0 Å². The van der Waals surface area contributed by atoms with Crippen molar-refractivity contribution in [1.82, 2.24) is 5.32 Å². The van der Waals surface area contributed by atoms with Gasteiger partial charge in [-0.2, -0.15) is 0 Å². The van der Waals surface area contributed by atoms with Gasteiger partial charge < -0.3 is 10.3 Å². The summed E-state index contributed by atoms with van der Waals surface area (Å²) in [5.41, 5.74) is 5.22. The van der Waals surface area contributed by atoms with E-state index in [2.05, 4.69) is 5.32 Å². The second-order valence-electron chi connectivity index (χ2n) is 1.65. The van der Waals surface area contributed by atoms with Crippen LogP contribution < -0.4 is 16.1 Å². The van der Waals surface area contributed by atoms with E-state index in [4.69, 9.17) is 5.73 Å². The van der Waals surface area contributed by atoms with Crippen molar-refractivity contribution in [2.75, 3.05) is 13.1 Å². The van der Waals surface area contributed by atoms with Gasteiger partial charge >= 0.3 is 0 Å². The maximum Gasteiger partial charge on any atom is 0.196 e. The topological polar surface area (TPSA) is 65.5 Å². The van der Waals surface area contributed by atoms with Gasteiger partial charge in [-0.3, -0.25) is 5.73 Å². The van der Waals surface area contributed by atoms with Gasteiger partial charge in [0.25, 0.3) is 0 Å². The van der Waals surface area contributed by atoms with Gasteiger partial charge in [0.05, 0.1) is 13.1 Å². The molecule has 1 fully saturated rings. The molecule has 4 nitrogen and oxygen atoms in total. The summed E-state index contributed by atoms with van der Waals surface area (Å²) in [5.74, 6) is 0. The van der Waals surface area contributed by atoms with Crippen LogP contribution in [0.2, 0.25) is 0 Å². The Morgan fingerprint density at radius 1 is 1.86 bits per heavy atom. The number of hydrogen-bond donors (Lipinski definition) is 3. The number of nitrogens with one attached hydrogen (secondary N) is 2. The highest BCUT2D eigenvalue weighted by Crippen LogP contribution is 1.62. The summed E-state index contributed by atoms with van der Waals surface area (Å²) in [4.78, 5) is 0. The van der Waals surface area contributed by atoms with Crippen LogP contribution in [0.4, 0.5) is 0 Å². The van der Waals surface area contributed by atoms with Gasteiger partial charge in [0.15, 0.2) is 6.29 Å². The fourth-order valence-corrected chi connectivity index (χ4v) is 0.620. The molecule has 0 aromatic rings. The quantitative estimate of drug-likeness (QED) is 0.290. The molecule has 42 valence electrons. The first-order valence-electron chi connectivity index (χ1n) is 2.32. The molecule has 4 N–H and O–H groups in total. The summed E-state index contributed by atoms with van der Waals surface area (Å²) in [6, 6.07) is 0. The van der Waals surface area contributed by atoms with Crippen LogP contribution in [-0.2, 0) is 0 Å². The molecule has 0 aliphatic carbocycles. The molecule has 0 aromatic heterocycles. The monoisotopic (exact) mass is 103 g/mol. The summed E-state index contributed by atoms with van der Waals surface area (Å²) < 4.78 is 0. The molecular weight excluding hydrogens is 94.1 g/mol. The van der Waals surface area contributed by atoms with Crippen LogP contribution in [0.15, 0.2) is 0 Å². The molecule has 1 saturated heterocycles. The van der Waals surface area contributed by atoms with Gasteiger partial charge in [-0.1, -0.05) is 0 Å². The summed E-state index contributed by atoms with van der Waals surface area (Å²) in [6.07, 6.45) is -0.375. The van der Waals surface area contributed by atoms with Crippen LogP contribution in [0, 0.1) is 5.21 Å². The lowest BCUT2D eigenvalue weighted by Crippen LogP contribution is -3.11. The SMILES string of the molecule is NC1NCC[NH+]1[O-]. The molecule has 1 heterocycles. The summed E-state index contributed by atoms with van der Waals surface area (Å²) in [7, 11) is 0. The van der Waals surface area contributed by atoms with E-state index in [0.717, 1.165) is 6.54 Å². The highest BCUT2D eigenvalue weighted by Gasteiger charge is 2.14. The minimum atomic E-state index is -0.375. The average Bonchev–Trinajstić information content (AvgIpc) is 1.91. The molecule has 4 heteroatoms. The van der Waals surface area contributed by atoms with E-state index >= 15 is 0 Å². The molecule has 0 saturated carbocycles. The lowest BCUT2D eigenvalue weighted by atomic mass is 10.7. The van der Waals surface area contributed by atoms with Gasteiger partial charge in [-0.05, 0) is 0 Å². The molecule has 0 amide bonds. The van der Waals surface area contributed by atoms with E-state index in [1.54, 1.807) is 0 Å².